The Morgan fingerprint density at radius 2 is 0.714 bits per heavy atom. The SMILES string of the molecule is [C]=O.[C]=O.[C]=O.[Co+2].[H-].[H-]. The molecule has 0 amide bonds. The predicted molar refractivity (Wildman–Crippen MR) is 19.3 cm³/mol. The Hall–Kier alpha value is -0.484. The average molecular weight is 145 g/mol. The molecule has 0 heterocycles. The summed E-state index contributed by atoms with van der Waals surface area (Å²) in [7, 11) is 0. The summed E-state index contributed by atoms with van der Waals surface area (Å²) in [5, 5.41) is 0. The van der Waals surface area contributed by atoms with Gasteiger partial charge in [0, 0.05) is 0 Å². The van der Waals surface area contributed by atoms with Crippen molar-refractivity contribution in [1.29, 1.82) is 0 Å². The van der Waals surface area contributed by atoms with Crippen molar-refractivity contribution in [3.63, 3.8) is 0 Å². The molecule has 0 fully saturated rings. The zero-order valence-corrected chi connectivity index (χ0v) is 4.10. The van der Waals surface area contributed by atoms with Crippen LogP contribution in [-0.2, 0) is 31.2 Å². The van der Waals surface area contributed by atoms with E-state index in [0.29, 0.717) is 0 Å². The standard InChI is InChI=1S/3CO.Co.2H/c3*1-2;;;/q;;;+2;2*-1. The van der Waals surface area contributed by atoms with Crippen LogP contribution < -0.4 is 0 Å². The molecule has 0 bridgehead atoms. The molecule has 7 radical (unpaired) electrons. The fourth-order valence-electron chi connectivity index (χ4n) is 0. The first-order valence-electron chi connectivity index (χ1n) is 0.612. The quantitative estimate of drug-likeness (QED) is 0.440. The molecule has 4 heteroatoms. The third-order valence-electron chi connectivity index (χ3n) is 0. The maximum Gasteiger partial charge on any atom is 2.00 e. The zero-order valence-electron chi connectivity index (χ0n) is 5.06. The van der Waals surface area contributed by atoms with E-state index in [2.05, 4.69) is 20.4 Å². The third-order valence-corrected chi connectivity index (χ3v) is 0. The van der Waals surface area contributed by atoms with Crippen LogP contribution in [0.1, 0.15) is 2.85 Å². The molecule has 0 unspecified atom stereocenters. The summed E-state index contributed by atoms with van der Waals surface area (Å²) in [6, 6.07) is 0. The Labute approximate surface area is 55.3 Å². The molecule has 0 aromatic rings. The van der Waals surface area contributed by atoms with Crippen LogP contribution in [0.5, 0.6) is 0 Å². The van der Waals surface area contributed by atoms with Crippen LogP contribution in [-0.4, -0.2) is 20.4 Å². The average Bonchev–Trinajstić information content (AvgIpc) is 1.81. The van der Waals surface area contributed by atoms with Gasteiger partial charge < -0.3 is 2.85 Å². The first kappa shape index (κ1) is 31.3. The minimum Gasteiger partial charge on any atom is -1.00 e. The topological polar surface area (TPSA) is 51.2 Å². The van der Waals surface area contributed by atoms with Crippen LogP contribution in [0.25, 0.3) is 0 Å². The molecule has 0 aromatic heterocycles. The van der Waals surface area contributed by atoms with Gasteiger partial charge in [-0.05, 0) is 0 Å². The molecule has 0 saturated heterocycles. The van der Waals surface area contributed by atoms with Crippen molar-refractivity contribution in [2.75, 3.05) is 0 Å². The van der Waals surface area contributed by atoms with Gasteiger partial charge in [0.05, 0.1) is 0 Å². The Morgan fingerprint density at radius 3 is 0.714 bits per heavy atom. The summed E-state index contributed by atoms with van der Waals surface area (Å²) >= 11 is 0. The van der Waals surface area contributed by atoms with Gasteiger partial charge in [0.15, 0.2) is 0 Å². The van der Waals surface area contributed by atoms with Crippen molar-refractivity contribution < 1.29 is 34.0 Å². The van der Waals surface area contributed by atoms with Crippen molar-refractivity contribution >= 4 is 20.4 Å². The molecule has 0 N–H and O–H groups in total. The molecular formula is C3H2CoO3. The second kappa shape index (κ2) is 481. The fourth-order valence-corrected chi connectivity index (χ4v) is 0. The molecule has 41 valence electrons. The van der Waals surface area contributed by atoms with E-state index in [9.17, 15) is 0 Å². The van der Waals surface area contributed by atoms with Gasteiger partial charge >= 0.3 is 16.8 Å². The minimum atomic E-state index is 0. The summed E-state index contributed by atoms with van der Waals surface area (Å²) in [6.45, 7) is 13.5. The van der Waals surface area contributed by atoms with Gasteiger partial charge in [-0.2, -0.15) is 0 Å². The van der Waals surface area contributed by atoms with E-state index in [4.69, 9.17) is 14.4 Å². The molecule has 0 aliphatic carbocycles. The molecule has 7 heavy (non-hydrogen) atoms. The summed E-state index contributed by atoms with van der Waals surface area (Å²) in [5.74, 6) is 0. The maximum absolute atomic E-state index is 7.50. The van der Waals surface area contributed by atoms with Gasteiger partial charge in [-0.1, -0.05) is 0 Å². The van der Waals surface area contributed by atoms with Crippen molar-refractivity contribution in [3.8, 4) is 0 Å². The smallest absolute Gasteiger partial charge is 1.00 e. The first-order valence-corrected chi connectivity index (χ1v) is 0.612. The predicted octanol–water partition coefficient (Wildman–Crippen LogP) is -0.969. The second-order valence-corrected chi connectivity index (χ2v) is 0. The van der Waals surface area contributed by atoms with E-state index in [1.807, 2.05) is 0 Å². The second-order valence-electron chi connectivity index (χ2n) is 0. The normalized spacial score (nSPS) is 1.71. The molecule has 3 nitrogen and oxygen atoms in total. The molecule has 0 aliphatic heterocycles. The fraction of sp³-hybridized carbons (Fsp3) is 0. The largest absolute Gasteiger partial charge is 2.00 e. The van der Waals surface area contributed by atoms with Gasteiger partial charge in [-0.3, -0.25) is 14.4 Å². The van der Waals surface area contributed by atoms with Gasteiger partial charge in [-0.15, -0.1) is 0 Å². The van der Waals surface area contributed by atoms with Crippen LogP contribution in [0.3, 0.4) is 0 Å². The van der Waals surface area contributed by atoms with Gasteiger partial charge in [0.25, 0.3) is 20.4 Å². The van der Waals surface area contributed by atoms with Gasteiger partial charge in [0.1, 0.15) is 0 Å². The molecule has 0 saturated carbocycles. The van der Waals surface area contributed by atoms with E-state index in [0.717, 1.165) is 0 Å². The van der Waals surface area contributed by atoms with Crippen molar-refractivity contribution in [1.82, 2.24) is 0 Å². The van der Waals surface area contributed by atoms with Gasteiger partial charge in [-0.25, -0.2) is 0 Å². The minimum absolute atomic E-state index is 0. The van der Waals surface area contributed by atoms with Crippen molar-refractivity contribution in [2.24, 2.45) is 0 Å². The Morgan fingerprint density at radius 1 is 0.714 bits per heavy atom. The van der Waals surface area contributed by atoms with E-state index in [1.54, 1.807) is 0 Å². The third kappa shape index (κ3) is 292. The molecule has 0 rings (SSSR count). The van der Waals surface area contributed by atoms with Crippen LogP contribution in [0.15, 0.2) is 0 Å². The summed E-state index contributed by atoms with van der Waals surface area (Å²) < 4.78 is 0. The first-order chi connectivity index (χ1) is 3.00. The summed E-state index contributed by atoms with van der Waals surface area (Å²) in [4.78, 5) is 22.5. The van der Waals surface area contributed by atoms with Gasteiger partial charge in [0.2, 0.25) is 0 Å². The number of carbonyl (C=O) groups excluding carboxylic acids is 3. The zero-order chi connectivity index (χ0) is 6.00. The molecule has 0 atom stereocenters. The van der Waals surface area contributed by atoms with E-state index in [1.165, 1.54) is 0 Å². The number of hydrogen-bond donors (Lipinski definition) is 0. The molecule has 0 aliphatic rings. The summed E-state index contributed by atoms with van der Waals surface area (Å²) in [5.41, 5.74) is 0. The van der Waals surface area contributed by atoms with E-state index in [-0.39, 0.29) is 19.6 Å². The Kier molecular flexibility index (Phi) is 2150. The Balaban J connectivity index is -0.00000000321. The van der Waals surface area contributed by atoms with Crippen molar-refractivity contribution in [2.45, 2.75) is 0 Å². The monoisotopic (exact) mass is 145 g/mol. The van der Waals surface area contributed by atoms with E-state index < -0.39 is 0 Å². The van der Waals surface area contributed by atoms with Crippen LogP contribution in [0, 0.1) is 0 Å². The number of hydrogen-bond acceptors (Lipinski definition) is 3. The summed E-state index contributed by atoms with van der Waals surface area (Å²) in [6.07, 6.45) is 0. The molecule has 0 aromatic carbocycles. The molecule has 0 spiro atoms. The van der Waals surface area contributed by atoms with Crippen LogP contribution in [0.2, 0.25) is 0 Å². The maximum atomic E-state index is 7.50. The van der Waals surface area contributed by atoms with Crippen LogP contribution in [0.4, 0.5) is 0 Å². The molecular weight excluding hydrogens is 143 g/mol. The Bertz CT molecular complexity index is 21.8. The van der Waals surface area contributed by atoms with Crippen LogP contribution >= 0.6 is 0 Å². The van der Waals surface area contributed by atoms with E-state index >= 15 is 0 Å². The van der Waals surface area contributed by atoms with Crippen molar-refractivity contribution in [3.05, 3.63) is 0 Å². The number of rotatable bonds is 0.